The molecule has 136 valence electrons. The van der Waals surface area contributed by atoms with Gasteiger partial charge in [-0.25, -0.2) is 4.79 Å². The summed E-state index contributed by atoms with van der Waals surface area (Å²) >= 11 is 0. The van der Waals surface area contributed by atoms with Crippen LogP contribution < -0.4 is 0 Å². The molecule has 0 aromatic rings. The zero-order valence-electron chi connectivity index (χ0n) is 15.3. The van der Waals surface area contributed by atoms with Crippen molar-refractivity contribution in [1.29, 1.82) is 0 Å². The van der Waals surface area contributed by atoms with Crippen molar-refractivity contribution in [1.82, 2.24) is 0 Å². The molecule has 0 saturated heterocycles. The number of rotatable bonds is 14. The topological polar surface area (TPSA) is 46.5 Å². The number of unbranched alkanes of at least 4 members (excludes halogenated alkanes) is 10. The van der Waals surface area contributed by atoms with E-state index in [0.29, 0.717) is 12.0 Å². The second kappa shape index (κ2) is 12.9. The highest BCUT2D eigenvalue weighted by atomic mass is 16.6. The van der Waals surface area contributed by atoms with Crippen LogP contribution in [0.3, 0.4) is 0 Å². The van der Waals surface area contributed by atoms with Gasteiger partial charge in [-0.2, -0.15) is 0 Å². The van der Waals surface area contributed by atoms with E-state index >= 15 is 0 Å². The van der Waals surface area contributed by atoms with Gasteiger partial charge in [0.25, 0.3) is 0 Å². The average Bonchev–Trinajstić information content (AvgIpc) is 2.81. The normalized spacial score (nSPS) is 14.9. The standard InChI is InChI=1S/C21H34O3/c1-3-4-5-6-7-8-9-10-11-12-13-14-15-16-17-19-20(22)18(2)24-21(19)23/h10-11,22H,2-9,12-17H2,1H3. The van der Waals surface area contributed by atoms with E-state index in [4.69, 9.17) is 4.74 Å². The molecule has 0 aromatic carbocycles. The van der Waals surface area contributed by atoms with Crippen LogP contribution in [0.15, 0.2) is 35.8 Å². The predicted octanol–water partition coefficient (Wildman–Crippen LogP) is 6.52. The van der Waals surface area contributed by atoms with E-state index in [0.717, 1.165) is 25.7 Å². The lowest BCUT2D eigenvalue weighted by Crippen LogP contribution is -1.99. The zero-order chi connectivity index (χ0) is 17.6. The molecule has 0 spiro atoms. The summed E-state index contributed by atoms with van der Waals surface area (Å²) in [5.74, 6) is -0.404. The molecule has 1 heterocycles. The van der Waals surface area contributed by atoms with Gasteiger partial charge in [0, 0.05) is 0 Å². The predicted molar refractivity (Wildman–Crippen MR) is 99.7 cm³/mol. The molecular formula is C21H34O3. The first-order valence-corrected chi connectivity index (χ1v) is 9.65. The summed E-state index contributed by atoms with van der Waals surface area (Å²) in [5.41, 5.74) is 0.388. The summed E-state index contributed by atoms with van der Waals surface area (Å²) < 4.78 is 4.79. The third kappa shape index (κ3) is 8.37. The van der Waals surface area contributed by atoms with Gasteiger partial charge in [-0.15, -0.1) is 0 Å². The van der Waals surface area contributed by atoms with E-state index in [1.165, 1.54) is 51.4 Å². The summed E-state index contributed by atoms with van der Waals surface area (Å²) in [6, 6.07) is 0. The Bertz CT molecular complexity index is 446. The lowest BCUT2D eigenvalue weighted by atomic mass is 10.0. The van der Waals surface area contributed by atoms with Gasteiger partial charge in [-0.3, -0.25) is 0 Å². The Labute approximate surface area is 147 Å². The van der Waals surface area contributed by atoms with E-state index in [-0.39, 0.29) is 11.5 Å². The molecule has 1 aliphatic heterocycles. The molecule has 1 N–H and O–H groups in total. The minimum absolute atomic E-state index is 0.0578. The Morgan fingerprint density at radius 3 is 2.00 bits per heavy atom. The van der Waals surface area contributed by atoms with Crippen LogP contribution in [0, 0.1) is 0 Å². The molecule has 0 bridgehead atoms. The third-order valence-electron chi connectivity index (χ3n) is 4.45. The lowest BCUT2D eigenvalue weighted by Gasteiger charge is -2.00. The van der Waals surface area contributed by atoms with Gasteiger partial charge in [0.15, 0.2) is 11.5 Å². The van der Waals surface area contributed by atoms with Crippen LogP contribution in [-0.4, -0.2) is 11.1 Å². The molecule has 0 unspecified atom stereocenters. The lowest BCUT2D eigenvalue weighted by molar-refractivity contribution is -0.133. The highest BCUT2D eigenvalue weighted by molar-refractivity contribution is 5.93. The van der Waals surface area contributed by atoms with Gasteiger partial charge in [-0.1, -0.05) is 70.6 Å². The van der Waals surface area contributed by atoms with Gasteiger partial charge in [0.2, 0.25) is 0 Å². The van der Waals surface area contributed by atoms with Crippen molar-refractivity contribution in [3.8, 4) is 0 Å². The zero-order valence-corrected chi connectivity index (χ0v) is 15.3. The first kappa shape index (κ1) is 20.5. The Morgan fingerprint density at radius 2 is 1.46 bits per heavy atom. The van der Waals surface area contributed by atoms with Crippen molar-refractivity contribution in [2.45, 2.75) is 90.4 Å². The molecule has 24 heavy (non-hydrogen) atoms. The number of esters is 1. The molecule has 0 atom stereocenters. The van der Waals surface area contributed by atoms with Gasteiger partial charge in [0.05, 0.1) is 5.57 Å². The van der Waals surface area contributed by atoms with Crippen molar-refractivity contribution in [2.24, 2.45) is 0 Å². The van der Waals surface area contributed by atoms with Crippen molar-refractivity contribution in [2.75, 3.05) is 0 Å². The van der Waals surface area contributed by atoms with Crippen LogP contribution in [0.2, 0.25) is 0 Å². The van der Waals surface area contributed by atoms with Crippen LogP contribution >= 0.6 is 0 Å². The van der Waals surface area contributed by atoms with Crippen molar-refractivity contribution in [3.05, 3.63) is 35.8 Å². The number of carbonyl (C=O) groups is 1. The molecule has 0 amide bonds. The average molecular weight is 335 g/mol. The maximum absolute atomic E-state index is 11.5. The minimum Gasteiger partial charge on any atom is -0.504 e. The first-order valence-electron chi connectivity index (χ1n) is 9.65. The van der Waals surface area contributed by atoms with Gasteiger partial charge >= 0.3 is 5.97 Å². The summed E-state index contributed by atoms with van der Waals surface area (Å²) in [5, 5.41) is 9.66. The second-order valence-electron chi connectivity index (χ2n) is 6.62. The Balaban J connectivity index is 1.91. The van der Waals surface area contributed by atoms with E-state index in [1.807, 2.05) is 0 Å². The van der Waals surface area contributed by atoms with Crippen LogP contribution in [0.5, 0.6) is 0 Å². The van der Waals surface area contributed by atoms with Gasteiger partial charge in [0.1, 0.15) is 0 Å². The number of cyclic esters (lactones) is 1. The quantitative estimate of drug-likeness (QED) is 0.223. The molecule has 0 radical (unpaired) electrons. The van der Waals surface area contributed by atoms with E-state index in [9.17, 15) is 9.90 Å². The van der Waals surface area contributed by atoms with Crippen LogP contribution in [-0.2, 0) is 9.53 Å². The third-order valence-corrected chi connectivity index (χ3v) is 4.45. The molecular weight excluding hydrogens is 300 g/mol. The van der Waals surface area contributed by atoms with Gasteiger partial charge < -0.3 is 9.84 Å². The fourth-order valence-corrected chi connectivity index (χ4v) is 2.90. The summed E-state index contributed by atoms with van der Waals surface area (Å²) in [7, 11) is 0. The molecule has 3 nitrogen and oxygen atoms in total. The number of carbonyl (C=O) groups excluding carboxylic acids is 1. The van der Waals surface area contributed by atoms with E-state index in [2.05, 4.69) is 25.7 Å². The highest BCUT2D eigenvalue weighted by Gasteiger charge is 2.27. The molecule has 3 heteroatoms. The van der Waals surface area contributed by atoms with E-state index < -0.39 is 5.97 Å². The molecule has 0 aromatic heterocycles. The molecule has 0 saturated carbocycles. The number of hydrogen-bond acceptors (Lipinski definition) is 3. The van der Waals surface area contributed by atoms with Gasteiger partial charge in [-0.05, 0) is 38.5 Å². The van der Waals surface area contributed by atoms with E-state index in [1.54, 1.807) is 0 Å². The fraction of sp³-hybridized carbons (Fsp3) is 0.667. The number of hydrogen-bond donors (Lipinski definition) is 1. The number of allylic oxidation sites excluding steroid dienone is 2. The van der Waals surface area contributed by atoms with Crippen molar-refractivity contribution < 1.29 is 14.6 Å². The monoisotopic (exact) mass is 334 g/mol. The maximum atomic E-state index is 11.5. The van der Waals surface area contributed by atoms with Crippen LogP contribution in [0.1, 0.15) is 90.4 Å². The minimum atomic E-state index is -0.435. The highest BCUT2D eigenvalue weighted by Crippen LogP contribution is 2.26. The molecule has 1 rings (SSSR count). The first-order chi connectivity index (χ1) is 11.7. The van der Waals surface area contributed by atoms with Crippen LogP contribution in [0.4, 0.5) is 0 Å². The number of ether oxygens (including phenoxy) is 1. The largest absolute Gasteiger partial charge is 0.504 e. The molecule has 0 aliphatic carbocycles. The summed E-state index contributed by atoms with van der Waals surface area (Å²) in [6.07, 6.45) is 20.0. The Kier molecular flexibility index (Phi) is 11.0. The summed E-state index contributed by atoms with van der Waals surface area (Å²) in [4.78, 5) is 11.5. The second-order valence-corrected chi connectivity index (χ2v) is 6.62. The smallest absolute Gasteiger partial charge is 0.343 e. The van der Waals surface area contributed by atoms with Crippen molar-refractivity contribution >= 4 is 5.97 Å². The Hall–Kier alpha value is -1.51. The van der Waals surface area contributed by atoms with Crippen molar-refractivity contribution in [3.63, 3.8) is 0 Å². The Morgan fingerprint density at radius 1 is 0.917 bits per heavy atom. The number of aliphatic hydroxyl groups excluding tert-OH is 1. The maximum Gasteiger partial charge on any atom is 0.343 e. The summed E-state index contributed by atoms with van der Waals surface area (Å²) in [6.45, 7) is 5.75. The van der Waals surface area contributed by atoms with Crippen LogP contribution in [0.25, 0.3) is 0 Å². The molecule has 1 aliphatic rings. The number of aliphatic hydroxyl groups is 1. The fourth-order valence-electron chi connectivity index (χ4n) is 2.90. The molecule has 0 fully saturated rings. The SMILES string of the molecule is C=C1OC(=O)C(CCCCCCC=CCCCCCCCC)=C1O.